The molecule has 0 aliphatic heterocycles. The van der Waals surface area contributed by atoms with Gasteiger partial charge < -0.3 is 37.9 Å². The first-order chi connectivity index (χ1) is 44.8. The highest BCUT2D eigenvalue weighted by atomic mass is 16.6. The van der Waals surface area contributed by atoms with Gasteiger partial charge in [0.2, 0.25) is 0 Å². The molecule has 0 aliphatic rings. The van der Waals surface area contributed by atoms with E-state index >= 15 is 0 Å². The summed E-state index contributed by atoms with van der Waals surface area (Å²) >= 11 is 0. The van der Waals surface area contributed by atoms with Gasteiger partial charge >= 0.3 is 29.8 Å². The van der Waals surface area contributed by atoms with Gasteiger partial charge in [0.15, 0.2) is 0 Å². The predicted octanol–water partition coefficient (Wildman–Crippen LogP) is 14.7. The highest BCUT2D eigenvalue weighted by Crippen LogP contribution is 2.27. The van der Waals surface area contributed by atoms with Crippen molar-refractivity contribution in [3.8, 4) is 74.3 Å². The third-order valence-corrected chi connectivity index (χ3v) is 13.1. The second-order valence-electron chi connectivity index (χ2n) is 19.4. The molecule has 1 unspecified atom stereocenters. The minimum Gasteiger partial charge on any atom is -0.490 e. The molecule has 0 fully saturated rings. The highest BCUT2D eigenvalue weighted by molar-refractivity contribution is 5.92. The zero-order valence-electron chi connectivity index (χ0n) is 50.3. The topological polar surface area (TPSA) is 219 Å². The number of hydrogen-bond acceptors (Lipinski definition) is 16. The van der Waals surface area contributed by atoms with Crippen molar-refractivity contribution in [1.82, 2.24) is 0 Å². The van der Waals surface area contributed by atoms with E-state index in [0.717, 1.165) is 57.2 Å². The van der Waals surface area contributed by atoms with Gasteiger partial charge in [0, 0.05) is 24.4 Å². The second kappa shape index (κ2) is 36.0. The van der Waals surface area contributed by atoms with Crippen molar-refractivity contribution in [2.75, 3.05) is 39.6 Å². The third kappa shape index (κ3) is 22.1. The van der Waals surface area contributed by atoms with Gasteiger partial charge in [-0.2, -0.15) is 10.5 Å². The van der Waals surface area contributed by atoms with Crippen LogP contribution in [0.4, 0.5) is 0 Å². The molecule has 0 saturated heterocycles. The van der Waals surface area contributed by atoms with Crippen LogP contribution in [0.2, 0.25) is 0 Å². The van der Waals surface area contributed by atoms with Gasteiger partial charge in [-0.05, 0) is 161 Å². The highest BCUT2D eigenvalue weighted by Gasteiger charge is 2.13. The number of nitriles is 2. The van der Waals surface area contributed by atoms with E-state index in [-0.39, 0.29) is 45.7 Å². The van der Waals surface area contributed by atoms with Crippen LogP contribution < -0.4 is 23.7 Å². The van der Waals surface area contributed by atoms with Crippen LogP contribution in [-0.4, -0.2) is 75.7 Å². The van der Waals surface area contributed by atoms with E-state index in [9.17, 15) is 24.0 Å². The van der Waals surface area contributed by atoms with Crippen LogP contribution in [0.3, 0.4) is 0 Å². The predicted molar refractivity (Wildman–Crippen MR) is 350 cm³/mol. The number of aliphatic imine (C=N–C) groups is 1. The van der Waals surface area contributed by atoms with E-state index in [4.69, 9.17) is 48.4 Å². The largest absolute Gasteiger partial charge is 0.490 e. The van der Waals surface area contributed by atoms with Crippen molar-refractivity contribution < 1.29 is 61.9 Å². The summed E-state index contributed by atoms with van der Waals surface area (Å²) < 4.78 is 41.8. The van der Waals surface area contributed by atoms with Gasteiger partial charge in [0.25, 0.3) is 0 Å². The summed E-state index contributed by atoms with van der Waals surface area (Å²) in [7, 11) is 0. The van der Waals surface area contributed by atoms with Crippen LogP contribution in [0.1, 0.15) is 55.9 Å². The molecule has 0 amide bonds. The van der Waals surface area contributed by atoms with Crippen molar-refractivity contribution in [1.29, 1.82) is 10.5 Å². The molecule has 0 N–H and O–H groups in total. The molecule has 460 valence electrons. The molecule has 92 heavy (non-hydrogen) atoms. The van der Waals surface area contributed by atoms with Crippen molar-refractivity contribution in [3.05, 3.63) is 296 Å². The molecule has 16 nitrogen and oxygen atoms in total. The molecular formula is C76H63N3O13. The van der Waals surface area contributed by atoms with Crippen molar-refractivity contribution >= 4 is 36.1 Å². The lowest BCUT2D eigenvalue weighted by Gasteiger charge is -2.08. The van der Waals surface area contributed by atoms with Crippen LogP contribution in [0, 0.1) is 22.7 Å². The van der Waals surface area contributed by atoms with Gasteiger partial charge in [0.05, 0.1) is 40.4 Å². The van der Waals surface area contributed by atoms with Gasteiger partial charge in [-0.25, -0.2) is 24.0 Å². The Hall–Kier alpha value is -12.4. The standard InChI is InChI=1S/C33H29NO5.C25H19NO5.C18H15NO3/c1-3-32(35)38-22-21-37-30-17-15-29(16-18-30)33(36)39-31-19-13-28(14-20-31)27-11-9-25(10-12-27)23-34-24(2)26-7-5-4-6-8-26;1-2-24(27)30-16-15-29-22-11-9-21(10-12-22)25(28)31-23-13-7-20(8-14-23)19-5-3-18(17-26)4-6-19;1-2-18(20)22-12-11-21-17-9-7-16(8-10-17)15-5-3-14(13-19)4-6-15/h3-20,23-24H,1,21-22H2,2H3;2-14H,1,15-16H2;2-10H,1,11-12H2. The number of nitrogens with zero attached hydrogens (tertiary/aromatic N) is 3. The van der Waals surface area contributed by atoms with E-state index in [0.29, 0.717) is 51.0 Å². The van der Waals surface area contributed by atoms with Crippen molar-refractivity contribution in [3.63, 3.8) is 0 Å². The summed E-state index contributed by atoms with van der Waals surface area (Å²) in [5.74, 6) is 0.237. The van der Waals surface area contributed by atoms with Crippen LogP contribution >= 0.6 is 0 Å². The fraction of sp³-hybridized carbons (Fsp3) is 0.105. The molecule has 9 rings (SSSR count). The summed E-state index contributed by atoms with van der Waals surface area (Å²) in [6.45, 7) is 13.1. The Morgan fingerprint density at radius 2 is 0.685 bits per heavy atom. The zero-order chi connectivity index (χ0) is 65.3. The zero-order valence-corrected chi connectivity index (χ0v) is 50.3. The van der Waals surface area contributed by atoms with Crippen molar-refractivity contribution in [2.24, 2.45) is 4.99 Å². The van der Waals surface area contributed by atoms with Gasteiger partial charge in [-0.1, -0.05) is 135 Å². The molecule has 0 saturated carbocycles. The van der Waals surface area contributed by atoms with Crippen molar-refractivity contribution in [2.45, 2.75) is 13.0 Å². The molecule has 0 bridgehead atoms. The number of rotatable bonds is 25. The first-order valence-electron chi connectivity index (χ1n) is 28.7. The molecule has 16 heteroatoms. The van der Waals surface area contributed by atoms with E-state index in [1.165, 1.54) is 5.56 Å². The fourth-order valence-corrected chi connectivity index (χ4v) is 8.21. The maximum Gasteiger partial charge on any atom is 0.343 e. The fourth-order valence-electron chi connectivity index (χ4n) is 8.21. The Labute approximate surface area is 533 Å². The lowest BCUT2D eigenvalue weighted by atomic mass is 10.0. The first-order valence-corrected chi connectivity index (χ1v) is 28.7. The minimum absolute atomic E-state index is 0.0907. The molecule has 9 aromatic rings. The Balaban J connectivity index is 0.000000204. The van der Waals surface area contributed by atoms with E-state index < -0.39 is 29.8 Å². The molecule has 9 aromatic carbocycles. The number of ether oxygens (including phenoxy) is 8. The van der Waals surface area contributed by atoms with E-state index in [1.54, 1.807) is 97.1 Å². The number of esters is 5. The first kappa shape index (κ1) is 67.1. The number of hydrogen-bond donors (Lipinski definition) is 0. The quantitative estimate of drug-likeness (QED) is 0.0130. The molecule has 1 atom stereocenters. The monoisotopic (exact) mass is 1230 g/mol. The SMILES string of the molecule is C=CC(=O)OCCOc1ccc(-c2ccc(C#N)cc2)cc1.C=CC(=O)OCCOc1ccc(C(=O)Oc2ccc(-c3ccc(C#N)cc3)cc2)cc1.C=CC(=O)OCCOc1ccc(C(=O)Oc2ccc(-c3ccc(C=NC(C)c4ccccc4)cc3)cc2)cc1. The minimum atomic E-state index is -0.508. The van der Waals surface area contributed by atoms with Gasteiger partial charge in [0.1, 0.15) is 68.4 Å². The lowest BCUT2D eigenvalue weighted by molar-refractivity contribution is -0.139. The number of carbonyl (C=O) groups is 5. The molecule has 0 aromatic heterocycles. The normalized spacial score (nSPS) is 10.5. The van der Waals surface area contributed by atoms with E-state index in [2.05, 4.69) is 55.9 Å². The van der Waals surface area contributed by atoms with Crippen LogP contribution in [0.25, 0.3) is 33.4 Å². The number of carbonyl (C=O) groups excluding carboxylic acids is 5. The maximum absolute atomic E-state index is 12.5. The summed E-state index contributed by atoms with van der Waals surface area (Å²) in [6, 6.07) is 72.3. The van der Waals surface area contributed by atoms with Gasteiger partial charge in [-0.3, -0.25) is 4.99 Å². The van der Waals surface area contributed by atoms with Gasteiger partial charge in [-0.15, -0.1) is 0 Å². The summed E-state index contributed by atoms with van der Waals surface area (Å²) in [5.41, 5.74) is 10.3. The average molecular weight is 1230 g/mol. The Morgan fingerprint density at radius 1 is 0.391 bits per heavy atom. The summed E-state index contributed by atoms with van der Waals surface area (Å²) in [5, 5.41) is 17.7. The average Bonchev–Trinajstić information content (AvgIpc) is 2.42. The molecule has 0 radical (unpaired) electrons. The summed E-state index contributed by atoms with van der Waals surface area (Å²) in [6.07, 6.45) is 5.19. The third-order valence-electron chi connectivity index (χ3n) is 13.1. The molecule has 0 heterocycles. The van der Waals surface area contributed by atoms with E-state index in [1.807, 2.05) is 121 Å². The molecular weight excluding hydrogens is 1160 g/mol. The Kier molecular flexibility index (Phi) is 26.3. The lowest BCUT2D eigenvalue weighted by Crippen LogP contribution is -2.11. The molecule has 0 spiro atoms. The maximum atomic E-state index is 12.5. The second-order valence-corrected chi connectivity index (χ2v) is 19.4. The Morgan fingerprint density at radius 3 is 1.00 bits per heavy atom. The smallest absolute Gasteiger partial charge is 0.343 e. The number of benzene rings is 9. The summed E-state index contributed by atoms with van der Waals surface area (Å²) in [4.78, 5) is 62.4. The Bertz CT molecular complexity index is 4010. The molecule has 0 aliphatic carbocycles. The van der Waals surface area contributed by atoms with Crippen LogP contribution in [0.5, 0.6) is 28.7 Å². The van der Waals surface area contributed by atoms with Crippen LogP contribution in [-0.2, 0) is 28.6 Å². The van der Waals surface area contributed by atoms with Crippen LogP contribution in [0.15, 0.2) is 267 Å².